The van der Waals surface area contributed by atoms with Crippen LogP contribution in [0.25, 0.3) is 5.57 Å². The van der Waals surface area contributed by atoms with Crippen molar-refractivity contribution in [2.75, 3.05) is 6.61 Å². The summed E-state index contributed by atoms with van der Waals surface area (Å²) in [5.74, 6) is 0.345. The summed E-state index contributed by atoms with van der Waals surface area (Å²) in [5, 5.41) is 0. The van der Waals surface area contributed by atoms with Gasteiger partial charge in [0, 0.05) is 6.42 Å². The van der Waals surface area contributed by atoms with E-state index in [9.17, 15) is 9.59 Å². The van der Waals surface area contributed by atoms with Gasteiger partial charge in [0.1, 0.15) is 11.9 Å². The fourth-order valence-corrected chi connectivity index (χ4v) is 3.88. The lowest BCUT2D eigenvalue weighted by Crippen LogP contribution is -2.43. The first-order valence-electron chi connectivity index (χ1n) is 10.4. The number of carbonyl (C=O) groups excluding carboxylic acids is 2. The van der Waals surface area contributed by atoms with Gasteiger partial charge in [0.15, 0.2) is 11.9 Å². The summed E-state index contributed by atoms with van der Waals surface area (Å²) < 4.78 is 22.4. The molecule has 1 fully saturated rings. The average molecular weight is 402 g/mol. The van der Waals surface area contributed by atoms with E-state index < -0.39 is 6.10 Å². The van der Waals surface area contributed by atoms with Gasteiger partial charge in [-0.1, -0.05) is 12.1 Å². The van der Waals surface area contributed by atoms with E-state index in [2.05, 4.69) is 0 Å². The van der Waals surface area contributed by atoms with Gasteiger partial charge in [0.25, 0.3) is 0 Å². The van der Waals surface area contributed by atoms with Crippen LogP contribution in [0.5, 0.6) is 5.75 Å². The molecule has 0 spiro atoms. The minimum atomic E-state index is -0.617. The SMILES string of the molecule is CCOC(=O)C(C)OC1CCC2C(=O)C(c3ccc(OC(C)C)cc3)=COC2C1. The first-order valence-corrected chi connectivity index (χ1v) is 10.4. The second-order valence-electron chi connectivity index (χ2n) is 7.83. The number of hydrogen-bond acceptors (Lipinski definition) is 6. The monoisotopic (exact) mass is 402 g/mol. The summed E-state index contributed by atoms with van der Waals surface area (Å²) in [6.07, 6.45) is 2.69. The van der Waals surface area contributed by atoms with Crippen LogP contribution in [0.1, 0.15) is 52.5 Å². The molecule has 1 aromatic rings. The molecular weight excluding hydrogens is 372 g/mol. The molecule has 4 unspecified atom stereocenters. The van der Waals surface area contributed by atoms with Crippen molar-refractivity contribution in [2.45, 2.75) is 71.4 Å². The van der Waals surface area contributed by atoms with Crippen molar-refractivity contribution < 1.29 is 28.5 Å². The molecule has 1 aliphatic carbocycles. The Morgan fingerprint density at radius 1 is 1.17 bits per heavy atom. The summed E-state index contributed by atoms with van der Waals surface area (Å²) in [7, 11) is 0. The Morgan fingerprint density at radius 3 is 2.55 bits per heavy atom. The highest BCUT2D eigenvalue weighted by molar-refractivity contribution is 6.22. The van der Waals surface area contributed by atoms with Crippen molar-refractivity contribution >= 4 is 17.3 Å². The Labute approximate surface area is 172 Å². The largest absolute Gasteiger partial charge is 0.496 e. The van der Waals surface area contributed by atoms with Gasteiger partial charge >= 0.3 is 5.97 Å². The number of esters is 1. The highest BCUT2D eigenvalue weighted by Crippen LogP contribution is 2.37. The van der Waals surface area contributed by atoms with Gasteiger partial charge in [-0.2, -0.15) is 0 Å². The summed E-state index contributed by atoms with van der Waals surface area (Å²) in [4.78, 5) is 24.8. The van der Waals surface area contributed by atoms with Crippen molar-refractivity contribution in [3.05, 3.63) is 36.1 Å². The molecule has 3 rings (SSSR count). The molecule has 0 aromatic heterocycles. The Hall–Kier alpha value is -2.34. The first kappa shape index (κ1) is 21.4. The van der Waals surface area contributed by atoms with Gasteiger partial charge in [0.2, 0.25) is 0 Å². The van der Waals surface area contributed by atoms with E-state index in [1.54, 1.807) is 20.1 Å². The fraction of sp³-hybridized carbons (Fsp3) is 0.565. The molecule has 0 N–H and O–H groups in total. The van der Waals surface area contributed by atoms with Crippen LogP contribution in [0.4, 0.5) is 0 Å². The maximum absolute atomic E-state index is 13.1. The zero-order chi connectivity index (χ0) is 21.0. The van der Waals surface area contributed by atoms with Crippen LogP contribution >= 0.6 is 0 Å². The van der Waals surface area contributed by atoms with E-state index in [0.29, 0.717) is 31.4 Å². The molecule has 29 heavy (non-hydrogen) atoms. The highest BCUT2D eigenvalue weighted by Gasteiger charge is 2.41. The van der Waals surface area contributed by atoms with Gasteiger partial charge in [-0.3, -0.25) is 4.79 Å². The number of benzene rings is 1. The van der Waals surface area contributed by atoms with Crippen molar-refractivity contribution in [1.29, 1.82) is 0 Å². The number of rotatable bonds is 7. The molecule has 6 nitrogen and oxygen atoms in total. The van der Waals surface area contributed by atoms with E-state index in [1.165, 1.54) is 0 Å². The predicted octanol–water partition coefficient (Wildman–Crippen LogP) is 3.92. The van der Waals surface area contributed by atoms with Crippen molar-refractivity contribution in [3.8, 4) is 5.75 Å². The van der Waals surface area contributed by atoms with Crippen molar-refractivity contribution in [2.24, 2.45) is 5.92 Å². The Bertz CT molecular complexity index is 751. The number of Topliss-reactive ketones (excluding diaryl/α,β-unsaturated/α-hetero) is 1. The number of allylic oxidation sites excluding steroid dienone is 1. The Kier molecular flexibility index (Phi) is 6.96. The maximum atomic E-state index is 13.1. The van der Waals surface area contributed by atoms with E-state index in [1.807, 2.05) is 38.1 Å². The topological polar surface area (TPSA) is 71.1 Å². The molecule has 0 amide bonds. The van der Waals surface area contributed by atoms with Gasteiger partial charge in [0.05, 0.1) is 36.6 Å². The molecule has 1 aliphatic heterocycles. The number of carbonyl (C=O) groups is 2. The highest BCUT2D eigenvalue weighted by atomic mass is 16.6. The second-order valence-corrected chi connectivity index (χ2v) is 7.83. The van der Waals surface area contributed by atoms with E-state index in [4.69, 9.17) is 18.9 Å². The number of ketones is 1. The lowest BCUT2D eigenvalue weighted by atomic mass is 9.78. The Balaban J connectivity index is 1.63. The van der Waals surface area contributed by atoms with Crippen LogP contribution in [0.3, 0.4) is 0 Å². The van der Waals surface area contributed by atoms with Crippen LogP contribution < -0.4 is 4.74 Å². The third kappa shape index (κ3) is 5.18. The summed E-state index contributed by atoms with van der Waals surface area (Å²) in [6.45, 7) is 7.75. The minimum Gasteiger partial charge on any atom is -0.496 e. The van der Waals surface area contributed by atoms with Crippen LogP contribution in [0.2, 0.25) is 0 Å². The third-order valence-corrected chi connectivity index (χ3v) is 5.26. The average Bonchev–Trinajstić information content (AvgIpc) is 2.69. The molecule has 1 saturated carbocycles. The molecule has 0 bridgehead atoms. The quantitative estimate of drug-likeness (QED) is 0.644. The van der Waals surface area contributed by atoms with Crippen molar-refractivity contribution in [3.63, 3.8) is 0 Å². The Morgan fingerprint density at radius 2 is 1.90 bits per heavy atom. The molecule has 0 saturated heterocycles. The first-order chi connectivity index (χ1) is 13.9. The number of hydrogen-bond donors (Lipinski definition) is 0. The molecule has 2 aliphatic rings. The van der Waals surface area contributed by atoms with E-state index in [0.717, 1.165) is 11.3 Å². The van der Waals surface area contributed by atoms with Crippen molar-refractivity contribution in [1.82, 2.24) is 0 Å². The molecule has 6 heteroatoms. The van der Waals surface area contributed by atoms with E-state index in [-0.39, 0.29) is 36.0 Å². The zero-order valence-corrected chi connectivity index (χ0v) is 17.6. The standard InChI is InChI=1S/C23H30O6/c1-5-26-23(25)15(4)29-18-10-11-19-21(12-18)27-13-20(22(19)24)16-6-8-17(9-7-16)28-14(2)3/h6-9,13-15,18-19,21H,5,10-12H2,1-4H3. The van der Waals surface area contributed by atoms with Gasteiger partial charge < -0.3 is 18.9 Å². The summed E-state index contributed by atoms with van der Waals surface area (Å²) in [5.41, 5.74) is 1.43. The van der Waals surface area contributed by atoms with Gasteiger partial charge in [-0.05, 0) is 58.2 Å². The molecular formula is C23H30O6. The fourth-order valence-electron chi connectivity index (χ4n) is 3.88. The van der Waals surface area contributed by atoms with E-state index >= 15 is 0 Å². The van der Waals surface area contributed by atoms with Crippen LogP contribution in [0, 0.1) is 5.92 Å². The molecule has 158 valence electrons. The molecule has 1 heterocycles. The smallest absolute Gasteiger partial charge is 0.334 e. The summed E-state index contributed by atoms with van der Waals surface area (Å²) in [6, 6.07) is 7.52. The summed E-state index contributed by atoms with van der Waals surface area (Å²) >= 11 is 0. The van der Waals surface area contributed by atoms with Gasteiger partial charge in [-0.25, -0.2) is 4.79 Å². The van der Waals surface area contributed by atoms with Gasteiger partial charge in [-0.15, -0.1) is 0 Å². The van der Waals surface area contributed by atoms with Crippen LogP contribution in [-0.4, -0.2) is 42.8 Å². The number of ether oxygens (including phenoxy) is 4. The molecule has 1 aromatic carbocycles. The second kappa shape index (κ2) is 9.44. The molecule has 4 atom stereocenters. The molecule has 0 radical (unpaired) electrons. The number of fused-ring (bicyclic) bond motifs is 1. The zero-order valence-electron chi connectivity index (χ0n) is 17.6. The third-order valence-electron chi connectivity index (χ3n) is 5.26. The van der Waals surface area contributed by atoms with Crippen LogP contribution in [-0.2, 0) is 23.8 Å². The lowest BCUT2D eigenvalue weighted by Gasteiger charge is -2.38. The predicted molar refractivity (Wildman–Crippen MR) is 108 cm³/mol. The maximum Gasteiger partial charge on any atom is 0.334 e. The normalized spacial score (nSPS) is 24.9. The minimum absolute atomic E-state index is 0.101. The van der Waals surface area contributed by atoms with Crippen LogP contribution in [0.15, 0.2) is 30.5 Å². The lowest BCUT2D eigenvalue weighted by molar-refractivity contribution is -0.163.